The molecule has 0 aliphatic rings. The van der Waals surface area contributed by atoms with E-state index >= 15 is 0 Å². The highest BCUT2D eigenvalue weighted by molar-refractivity contribution is 9.10. The number of ether oxygens (including phenoxy) is 2. The van der Waals surface area contributed by atoms with Gasteiger partial charge in [0.15, 0.2) is 16.6 Å². The topological polar surface area (TPSA) is 54.9 Å². The molecule has 0 saturated heterocycles. The fourth-order valence-corrected chi connectivity index (χ4v) is 2.47. The lowest BCUT2D eigenvalue weighted by molar-refractivity contribution is 0.354. The third-order valence-electron chi connectivity index (χ3n) is 2.89. The molecule has 0 amide bonds. The number of benzene rings is 2. The number of methoxy groups -OCH3 is 2. The molecule has 120 valence electrons. The summed E-state index contributed by atoms with van der Waals surface area (Å²) in [4.78, 5) is 0. The summed E-state index contributed by atoms with van der Waals surface area (Å²) in [5, 5.41) is 7.55. The molecule has 0 atom stereocenters. The van der Waals surface area contributed by atoms with Crippen molar-refractivity contribution in [1.82, 2.24) is 5.43 Å². The monoisotopic (exact) mass is 393 g/mol. The second-order valence-electron chi connectivity index (χ2n) is 4.42. The van der Waals surface area contributed by atoms with Gasteiger partial charge in [0, 0.05) is 15.7 Å². The van der Waals surface area contributed by atoms with Gasteiger partial charge in [0.1, 0.15) is 0 Å². The van der Waals surface area contributed by atoms with Crippen LogP contribution in [0.3, 0.4) is 0 Å². The molecule has 0 unspecified atom stereocenters. The molecule has 0 fully saturated rings. The van der Waals surface area contributed by atoms with Gasteiger partial charge in [-0.3, -0.25) is 5.43 Å². The minimum atomic E-state index is 0.390. The standard InChI is InChI=1S/C16H16BrN3O2S/c1-21-14-8-3-5-11(15(14)22-2)10-18-20-16(23)19-13-7-4-6-12(17)9-13/h3-10H,1-2H3,(H2,19,20,23)/b18-10-. The van der Waals surface area contributed by atoms with E-state index in [4.69, 9.17) is 21.7 Å². The van der Waals surface area contributed by atoms with Gasteiger partial charge in [-0.1, -0.05) is 28.1 Å². The van der Waals surface area contributed by atoms with Crippen molar-refractivity contribution >= 4 is 45.2 Å². The Morgan fingerprint density at radius 3 is 2.65 bits per heavy atom. The lowest BCUT2D eigenvalue weighted by Gasteiger charge is -2.10. The van der Waals surface area contributed by atoms with E-state index in [9.17, 15) is 0 Å². The van der Waals surface area contributed by atoms with Gasteiger partial charge in [0.05, 0.1) is 20.4 Å². The van der Waals surface area contributed by atoms with Crippen LogP contribution in [0, 0.1) is 0 Å². The summed E-state index contributed by atoms with van der Waals surface area (Å²) in [5.74, 6) is 1.26. The summed E-state index contributed by atoms with van der Waals surface area (Å²) in [6.45, 7) is 0. The Morgan fingerprint density at radius 2 is 1.96 bits per heavy atom. The molecule has 0 radical (unpaired) electrons. The van der Waals surface area contributed by atoms with Crippen molar-refractivity contribution in [3.63, 3.8) is 0 Å². The first-order valence-electron chi connectivity index (χ1n) is 6.70. The maximum absolute atomic E-state index is 5.34. The van der Waals surface area contributed by atoms with Gasteiger partial charge in [0.25, 0.3) is 0 Å². The summed E-state index contributed by atoms with van der Waals surface area (Å²) in [6.07, 6.45) is 1.62. The number of thiocarbonyl (C=S) groups is 1. The van der Waals surface area contributed by atoms with Crippen LogP contribution >= 0.6 is 28.1 Å². The van der Waals surface area contributed by atoms with Crippen molar-refractivity contribution in [2.24, 2.45) is 5.10 Å². The molecule has 23 heavy (non-hydrogen) atoms. The third-order valence-corrected chi connectivity index (χ3v) is 3.57. The fraction of sp³-hybridized carbons (Fsp3) is 0.125. The van der Waals surface area contributed by atoms with Gasteiger partial charge in [-0.05, 0) is 42.5 Å². The Bertz CT molecular complexity index is 722. The van der Waals surface area contributed by atoms with Gasteiger partial charge < -0.3 is 14.8 Å². The first-order valence-corrected chi connectivity index (χ1v) is 7.90. The lowest BCUT2D eigenvalue weighted by Crippen LogP contribution is -2.23. The van der Waals surface area contributed by atoms with E-state index in [1.807, 2.05) is 42.5 Å². The summed E-state index contributed by atoms with van der Waals surface area (Å²) in [7, 11) is 3.18. The molecule has 0 aliphatic heterocycles. The summed E-state index contributed by atoms with van der Waals surface area (Å²) < 4.78 is 11.5. The Morgan fingerprint density at radius 1 is 1.17 bits per heavy atom. The first kappa shape index (κ1) is 17.2. The van der Waals surface area contributed by atoms with E-state index in [0.29, 0.717) is 16.6 Å². The summed E-state index contributed by atoms with van der Waals surface area (Å²) in [6, 6.07) is 13.2. The fourth-order valence-electron chi connectivity index (χ4n) is 1.90. The van der Waals surface area contributed by atoms with Crippen LogP contribution in [0.5, 0.6) is 11.5 Å². The quantitative estimate of drug-likeness (QED) is 0.459. The molecular weight excluding hydrogens is 378 g/mol. The van der Waals surface area contributed by atoms with Gasteiger partial charge >= 0.3 is 0 Å². The number of nitrogens with zero attached hydrogens (tertiary/aromatic N) is 1. The summed E-state index contributed by atoms with van der Waals surface area (Å²) in [5.41, 5.74) is 4.41. The smallest absolute Gasteiger partial charge is 0.191 e. The second-order valence-corrected chi connectivity index (χ2v) is 5.74. The van der Waals surface area contributed by atoms with Crippen LogP contribution in [-0.2, 0) is 0 Å². The predicted octanol–water partition coefficient (Wildman–Crippen LogP) is 3.79. The molecule has 0 spiro atoms. The van der Waals surface area contributed by atoms with Crippen LogP contribution < -0.4 is 20.2 Å². The number of hydrogen-bond acceptors (Lipinski definition) is 4. The van der Waals surface area contributed by atoms with Gasteiger partial charge in [-0.15, -0.1) is 0 Å². The number of halogens is 1. The van der Waals surface area contributed by atoms with Crippen molar-refractivity contribution < 1.29 is 9.47 Å². The van der Waals surface area contributed by atoms with Crippen LogP contribution in [0.15, 0.2) is 52.0 Å². The molecule has 0 bridgehead atoms. The van der Waals surface area contributed by atoms with E-state index in [1.54, 1.807) is 20.4 Å². The van der Waals surface area contributed by atoms with Crippen molar-refractivity contribution in [2.45, 2.75) is 0 Å². The molecule has 2 rings (SSSR count). The van der Waals surface area contributed by atoms with E-state index in [2.05, 4.69) is 31.8 Å². The predicted molar refractivity (Wildman–Crippen MR) is 101 cm³/mol. The number of hydrazone groups is 1. The molecule has 0 aliphatic carbocycles. The minimum absolute atomic E-state index is 0.390. The molecule has 2 aromatic carbocycles. The normalized spacial score (nSPS) is 10.4. The maximum atomic E-state index is 5.34. The minimum Gasteiger partial charge on any atom is -0.493 e. The zero-order chi connectivity index (χ0) is 16.7. The number of rotatable bonds is 5. The second kappa shape index (κ2) is 8.50. The lowest BCUT2D eigenvalue weighted by atomic mass is 10.2. The largest absolute Gasteiger partial charge is 0.493 e. The summed E-state index contributed by atoms with van der Waals surface area (Å²) >= 11 is 8.60. The Hall–Kier alpha value is -2.12. The Kier molecular flexibility index (Phi) is 6.37. The molecule has 5 nitrogen and oxygen atoms in total. The highest BCUT2D eigenvalue weighted by atomic mass is 79.9. The van der Waals surface area contributed by atoms with Gasteiger partial charge in [0.2, 0.25) is 0 Å². The molecule has 0 saturated carbocycles. The highest BCUT2D eigenvalue weighted by Gasteiger charge is 2.07. The van der Waals surface area contributed by atoms with Crippen molar-refractivity contribution in [1.29, 1.82) is 0 Å². The average Bonchev–Trinajstić information content (AvgIpc) is 2.54. The van der Waals surface area contributed by atoms with Crippen molar-refractivity contribution in [3.05, 3.63) is 52.5 Å². The third kappa shape index (κ3) is 4.94. The zero-order valence-corrected chi connectivity index (χ0v) is 15.1. The van der Waals surface area contributed by atoms with Crippen LogP contribution in [0.4, 0.5) is 5.69 Å². The first-order chi connectivity index (χ1) is 11.1. The number of para-hydroxylation sites is 1. The van der Waals surface area contributed by atoms with Crippen molar-refractivity contribution in [3.8, 4) is 11.5 Å². The molecule has 2 N–H and O–H groups in total. The average molecular weight is 394 g/mol. The van der Waals surface area contributed by atoms with Crippen LogP contribution in [-0.4, -0.2) is 25.5 Å². The van der Waals surface area contributed by atoms with Gasteiger partial charge in [-0.25, -0.2) is 0 Å². The zero-order valence-electron chi connectivity index (χ0n) is 12.7. The van der Waals surface area contributed by atoms with Crippen LogP contribution in [0.1, 0.15) is 5.56 Å². The maximum Gasteiger partial charge on any atom is 0.191 e. The van der Waals surface area contributed by atoms with Crippen LogP contribution in [0.2, 0.25) is 0 Å². The molecular formula is C16H16BrN3O2S. The van der Waals surface area contributed by atoms with Crippen molar-refractivity contribution in [2.75, 3.05) is 19.5 Å². The molecule has 7 heteroatoms. The van der Waals surface area contributed by atoms with E-state index in [0.717, 1.165) is 15.7 Å². The number of nitrogens with one attached hydrogen (secondary N) is 2. The highest BCUT2D eigenvalue weighted by Crippen LogP contribution is 2.29. The Balaban J connectivity index is 2.00. The van der Waals surface area contributed by atoms with Gasteiger partial charge in [-0.2, -0.15) is 5.10 Å². The molecule has 0 aromatic heterocycles. The van der Waals surface area contributed by atoms with E-state index < -0.39 is 0 Å². The SMILES string of the molecule is COc1cccc(/C=N\NC(=S)Nc2cccc(Br)c2)c1OC. The molecule has 0 heterocycles. The van der Waals surface area contributed by atoms with Crippen LogP contribution in [0.25, 0.3) is 0 Å². The number of hydrogen-bond donors (Lipinski definition) is 2. The number of anilines is 1. The van der Waals surface area contributed by atoms with E-state index in [-0.39, 0.29) is 0 Å². The van der Waals surface area contributed by atoms with E-state index in [1.165, 1.54) is 0 Å². The molecule has 2 aromatic rings. The Labute approximate surface area is 148 Å².